The van der Waals surface area contributed by atoms with Gasteiger partial charge in [0, 0.05) is 0 Å². The third-order valence-corrected chi connectivity index (χ3v) is 1.35. The zero-order valence-electron chi connectivity index (χ0n) is 6.24. The highest BCUT2D eigenvalue weighted by Crippen LogP contribution is 2.02. The number of carbonyl (C=O) groups excluding carboxylic acids is 1. The highest BCUT2D eigenvalue weighted by Gasteiger charge is 2.00. The molecule has 2 N–H and O–H groups in total. The van der Waals surface area contributed by atoms with Gasteiger partial charge < -0.3 is 5.73 Å². The van der Waals surface area contributed by atoms with Crippen molar-refractivity contribution in [2.24, 2.45) is 0 Å². The lowest BCUT2D eigenvalue weighted by Gasteiger charge is -1.98. The second-order valence-electron chi connectivity index (χ2n) is 2.10. The van der Waals surface area contributed by atoms with Gasteiger partial charge in [-0.1, -0.05) is 6.92 Å². The zero-order valence-corrected chi connectivity index (χ0v) is 6.24. The number of anilines is 1. The van der Waals surface area contributed by atoms with E-state index in [0.717, 1.165) is 12.1 Å². The molecule has 0 fully saturated rings. The van der Waals surface area contributed by atoms with Gasteiger partial charge in [-0.05, 0) is 6.42 Å². The standard InChI is InChI=1S/C7H9N3O/c1-2-5-3-9-7(8)6(4-11)10-5/h3-4H,2H2,1H3,(H2,8,9). The number of aryl methyl sites for hydroxylation is 1. The molecule has 0 spiro atoms. The van der Waals surface area contributed by atoms with Gasteiger partial charge in [0.05, 0.1) is 11.9 Å². The van der Waals surface area contributed by atoms with Crippen LogP contribution in [-0.4, -0.2) is 16.3 Å². The summed E-state index contributed by atoms with van der Waals surface area (Å²) in [4.78, 5) is 18.1. The van der Waals surface area contributed by atoms with Gasteiger partial charge in [0.1, 0.15) is 5.69 Å². The first-order chi connectivity index (χ1) is 5.27. The fraction of sp³-hybridized carbons (Fsp3) is 0.286. The average Bonchev–Trinajstić information content (AvgIpc) is 2.05. The molecule has 0 aliphatic carbocycles. The van der Waals surface area contributed by atoms with Gasteiger partial charge in [-0.3, -0.25) is 4.79 Å². The molecule has 1 heterocycles. The van der Waals surface area contributed by atoms with Crippen LogP contribution in [0.5, 0.6) is 0 Å². The number of nitrogens with zero attached hydrogens (tertiary/aromatic N) is 2. The average molecular weight is 151 g/mol. The first kappa shape index (κ1) is 7.65. The number of aromatic nitrogens is 2. The summed E-state index contributed by atoms with van der Waals surface area (Å²) in [6, 6.07) is 0. The van der Waals surface area contributed by atoms with E-state index in [1.807, 2.05) is 6.92 Å². The van der Waals surface area contributed by atoms with Crippen LogP contribution in [0.2, 0.25) is 0 Å². The normalized spacial score (nSPS) is 9.55. The fourth-order valence-corrected chi connectivity index (χ4v) is 0.708. The summed E-state index contributed by atoms with van der Waals surface area (Å²) in [5, 5.41) is 0. The Balaban J connectivity index is 3.12. The molecule has 0 bridgehead atoms. The Morgan fingerprint density at radius 2 is 2.45 bits per heavy atom. The van der Waals surface area contributed by atoms with E-state index < -0.39 is 0 Å². The second-order valence-corrected chi connectivity index (χ2v) is 2.10. The SMILES string of the molecule is CCc1cnc(N)c(C=O)n1. The van der Waals surface area contributed by atoms with Crippen molar-refractivity contribution in [3.05, 3.63) is 17.6 Å². The van der Waals surface area contributed by atoms with Crippen molar-refractivity contribution in [2.45, 2.75) is 13.3 Å². The Hall–Kier alpha value is -1.45. The van der Waals surface area contributed by atoms with Crippen LogP contribution >= 0.6 is 0 Å². The molecule has 0 saturated carbocycles. The number of carbonyl (C=O) groups is 1. The lowest BCUT2D eigenvalue weighted by atomic mass is 10.3. The van der Waals surface area contributed by atoms with Gasteiger partial charge in [0.15, 0.2) is 12.1 Å². The Morgan fingerprint density at radius 3 is 3.00 bits per heavy atom. The Morgan fingerprint density at radius 1 is 1.73 bits per heavy atom. The van der Waals surface area contributed by atoms with Crippen LogP contribution in [0.3, 0.4) is 0 Å². The Bertz CT molecular complexity index is 272. The molecule has 0 unspecified atom stereocenters. The van der Waals surface area contributed by atoms with Crippen LogP contribution < -0.4 is 5.73 Å². The summed E-state index contributed by atoms with van der Waals surface area (Å²) >= 11 is 0. The van der Waals surface area contributed by atoms with E-state index in [9.17, 15) is 4.79 Å². The molecule has 0 aliphatic heterocycles. The first-order valence-corrected chi connectivity index (χ1v) is 3.34. The quantitative estimate of drug-likeness (QED) is 0.622. The fourth-order valence-electron chi connectivity index (χ4n) is 0.708. The number of hydrogen-bond donors (Lipinski definition) is 1. The minimum atomic E-state index is 0.192. The predicted octanol–water partition coefficient (Wildman–Crippen LogP) is 0.434. The van der Waals surface area contributed by atoms with Gasteiger partial charge in [-0.2, -0.15) is 0 Å². The third kappa shape index (κ3) is 1.52. The number of rotatable bonds is 2. The topological polar surface area (TPSA) is 68.9 Å². The molecule has 0 saturated heterocycles. The molecule has 1 rings (SSSR count). The molecule has 0 aromatic carbocycles. The summed E-state index contributed by atoms with van der Waals surface area (Å²) in [7, 11) is 0. The summed E-state index contributed by atoms with van der Waals surface area (Å²) in [6.07, 6.45) is 2.94. The number of nitrogens with two attached hydrogens (primary N) is 1. The molecule has 58 valence electrons. The maximum Gasteiger partial charge on any atom is 0.172 e. The molecule has 0 radical (unpaired) electrons. The summed E-state index contributed by atoms with van der Waals surface area (Å²) in [5.41, 5.74) is 6.36. The minimum Gasteiger partial charge on any atom is -0.382 e. The van der Waals surface area contributed by atoms with E-state index in [1.54, 1.807) is 6.20 Å². The van der Waals surface area contributed by atoms with E-state index in [2.05, 4.69) is 9.97 Å². The highest BCUT2D eigenvalue weighted by molar-refractivity contribution is 5.78. The molecule has 4 nitrogen and oxygen atoms in total. The van der Waals surface area contributed by atoms with Crippen LogP contribution in [0.15, 0.2) is 6.20 Å². The van der Waals surface area contributed by atoms with Gasteiger partial charge in [0.25, 0.3) is 0 Å². The maximum atomic E-state index is 10.3. The first-order valence-electron chi connectivity index (χ1n) is 3.34. The molecule has 4 heteroatoms. The Kier molecular flexibility index (Phi) is 2.15. The van der Waals surface area contributed by atoms with Gasteiger partial charge in [-0.15, -0.1) is 0 Å². The van der Waals surface area contributed by atoms with E-state index in [4.69, 9.17) is 5.73 Å². The van der Waals surface area contributed by atoms with Crippen molar-refractivity contribution < 1.29 is 4.79 Å². The molecule has 0 aliphatic rings. The van der Waals surface area contributed by atoms with Crippen molar-refractivity contribution in [1.29, 1.82) is 0 Å². The van der Waals surface area contributed by atoms with Gasteiger partial charge >= 0.3 is 0 Å². The highest BCUT2D eigenvalue weighted by atomic mass is 16.1. The number of hydrogen-bond acceptors (Lipinski definition) is 4. The van der Waals surface area contributed by atoms with Crippen LogP contribution in [0.4, 0.5) is 5.82 Å². The molecule has 0 atom stereocenters. The summed E-state index contributed by atoms with van der Waals surface area (Å²) in [6.45, 7) is 1.94. The maximum absolute atomic E-state index is 10.3. The van der Waals surface area contributed by atoms with Crippen molar-refractivity contribution in [3.63, 3.8) is 0 Å². The van der Waals surface area contributed by atoms with Crippen LogP contribution in [-0.2, 0) is 6.42 Å². The van der Waals surface area contributed by atoms with Gasteiger partial charge in [-0.25, -0.2) is 9.97 Å². The number of aldehydes is 1. The van der Waals surface area contributed by atoms with Crippen LogP contribution in [0.25, 0.3) is 0 Å². The molecule has 11 heavy (non-hydrogen) atoms. The Labute approximate surface area is 64.5 Å². The minimum absolute atomic E-state index is 0.192. The predicted molar refractivity (Wildman–Crippen MR) is 41.2 cm³/mol. The lowest BCUT2D eigenvalue weighted by molar-refractivity contribution is 0.111. The van der Waals surface area contributed by atoms with Crippen molar-refractivity contribution >= 4 is 12.1 Å². The molecule has 1 aromatic rings. The van der Waals surface area contributed by atoms with Crippen molar-refractivity contribution in [3.8, 4) is 0 Å². The largest absolute Gasteiger partial charge is 0.382 e. The molecule has 0 amide bonds. The van der Waals surface area contributed by atoms with Crippen LogP contribution in [0.1, 0.15) is 23.1 Å². The number of nitrogen functional groups attached to an aromatic ring is 1. The van der Waals surface area contributed by atoms with E-state index >= 15 is 0 Å². The van der Waals surface area contributed by atoms with Crippen molar-refractivity contribution in [2.75, 3.05) is 5.73 Å². The van der Waals surface area contributed by atoms with E-state index in [0.29, 0.717) is 6.29 Å². The van der Waals surface area contributed by atoms with E-state index in [1.165, 1.54) is 0 Å². The zero-order chi connectivity index (χ0) is 8.27. The second kappa shape index (κ2) is 3.09. The lowest BCUT2D eigenvalue weighted by Crippen LogP contribution is -2.02. The third-order valence-electron chi connectivity index (χ3n) is 1.35. The van der Waals surface area contributed by atoms with Crippen LogP contribution in [0, 0.1) is 0 Å². The molecular weight excluding hydrogens is 142 g/mol. The van der Waals surface area contributed by atoms with E-state index in [-0.39, 0.29) is 11.5 Å². The van der Waals surface area contributed by atoms with Crippen molar-refractivity contribution in [1.82, 2.24) is 9.97 Å². The smallest absolute Gasteiger partial charge is 0.172 e. The molecular formula is C7H9N3O. The molecule has 1 aromatic heterocycles. The monoisotopic (exact) mass is 151 g/mol. The summed E-state index contributed by atoms with van der Waals surface area (Å²) < 4.78 is 0. The summed E-state index contributed by atoms with van der Waals surface area (Å²) in [5.74, 6) is 0.192. The van der Waals surface area contributed by atoms with Gasteiger partial charge in [0.2, 0.25) is 0 Å².